The Balaban J connectivity index is 1.29. The summed E-state index contributed by atoms with van der Waals surface area (Å²) in [5.74, 6) is -0.448. The van der Waals surface area contributed by atoms with Gasteiger partial charge < -0.3 is 4.90 Å². The molecule has 38 heavy (non-hydrogen) atoms. The van der Waals surface area contributed by atoms with Gasteiger partial charge in [0.1, 0.15) is 11.6 Å². The van der Waals surface area contributed by atoms with Crippen LogP contribution in [-0.2, 0) is 13.1 Å². The van der Waals surface area contributed by atoms with E-state index in [4.69, 9.17) is 0 Å². The summed E-state index contributed by atoms with van der Waals surface area (Å²) in [6.07, 6.45) is 8.46. The third-order valence-electron chi connectivity index (χ3n) is 6.63. The normalized spacial score (nSPS) is 14.1. The molecule has 6 rings (SSSR count). The fourth-order valence-corrected chi connectivity index (χ4v) is 5.80. The molecule has 0 spiro atoms. The van der Waals surface area contributed by atoms with Crippen molar-refractivity contribution in [1.29, 1.82) is 0 Å². The molecule has 0 amide bonds. The summed E-state index contributed by atoms with van der Waals surface area (Å²) in [6, 6.07) is 32.2. The van der Waals surface area contributed by atoms with Gasteiger partial charge in [0, 0.05) is 29.1 Å². The van der Waals surface area contributed by atoms with Crippen LogP contribution in [0, 0.1) is 11.6 Å². The Kier molecular flexibility index (Phi) is 6.76. The fraction of sp³-hybridized carbons (Fsp3) is 0.0606. The predicted octanol–water partition coefficient (Wildman–Crippen LogP) is 8.12. The first-order chi connectivity index (χ1) is 18.6. The minimum Gasteiger partial charge on any atom is -0.331 e. The van der Waals surface area contributed by atoms with Gasteiger partial charge in [0.05, 0.1) is 16.1 Å². The third-order valence-corrected chi connectivity index (χ3v) is 7.76. The highest BCUT2D eigenvalue weighted by Crippen LogP contribution is 2.46. The third kappa shape index (κ3) is 5.11. The van der Waals surface area contributed by atoms with Gasteiger partial charge in [0.2, 0.25) is 5.52 Å². The molecule has 186 valence electrons. The first-order valence-corrected chi connectivity index (χ1v) is 13.3. The van der Waals surface area contributed by atoms with Gasteiger partial charge in [0.25, 0.3) is 0 Å². The Morgan fingerprint density at radius 3 is 2.21 bits per heavy atom. The molecular formula is C33H25F2N2S+. The van der Waals surface area contributed by atoms with E-state index >= 15 is 0 Å². The van der Waals surface area contributed by atoms with Crippen LogP contribution >= 0.6 is 11.8 Å². The number of aromatic nitrogens is 1. The van der Waals surface area contributed by atoms with E-state index in [1.54, 1.807) is 11.8 Å². The van der Waals surface area contributed by atoms with Crippen LogP contribution in [0.2, 0.25) is 0 Å². The second-order valence-electron chi connectivity index (χ2n) is 9.19. The molecule has 0 aliphatic carbocycles. The van der Waals surface area contributed by atoms with Crippen molar-refractivity contribution in [2.45, 2.75) is 18.0 Å². The summed E-state index contributed by atoms with van der Waals surface area (Å²) in [5, 5.41) is 2.27. The fourth-order valence-electron chi connectivity index (χ4n) is 4.72. The van der Waals surface area contributed by atoms with Crippen molar-refractivity contribution in [3.63, 3.8) is 0 Å². The lowest BCUT2D eigenvalue weighted by Crippen LogP contribution is -2.34. The van der Waals surface area contributed by atoms with Gasteiger partial charge in [-0.25, -0.2) is 8.78 Å². The number of fused-ring (bicyclic) bond motifs is 2. The Bertz CT molecular complexity index is 1660. The summed E-state index contributed by atoms with van der Waals surface area (Å²) in [4.78, 5) is 3.48. The molecule has 0 radical (unpaired) electrons. The van der Waals surface area contributed by atoms with Crippen molar-refractivity contribution in [2.75, 3.05) is 4.90 Å². The van der Waals surface area contributed by atoms with Crippen molar-refractivity contribution in [3.05, 3.63) is 155 Å². The van der Waals surface area contributed by atoms with E-state index in [1.165, 1.54) is 29.2 Å². The van der Waals surface area contributed by atoms with Crippen molar-refractivity contribution >= 4 is 34.4 Å². The van der Waals surface area contributed by atoms with Crippen LogP contribution in [0.3, 0.4) is 0 Å². The van der Waals surface area contributed by atoms with Crippen LogP contribution in [0.1, 0.15) is 16.7 Å². The maximum absolute atomic E-state index is 13.4. The maximum atomic E-state index is 13.4. The van der Waals surface area contributed by atoms with Crippen LogP contribution in [0.5, 0.6) is 0 Å². The van der Waals surface area contributed by atoms with Gasteiger partial charge in [-0.3, -0.25) is 0 Å². The minimum absolute atomic E-state index is 0.224. The summed E-state index contributed by atoms with van der Waals surface area (Å²) in [7, 11) is 0. The summed E-state index contributed by atoms with van der Waals surface area (Å²) in [6.45, 7) is 1.34. The van der Waals surface area contributed by atoms with Crippen LogP contribution in [-0.4, -0.2) is 0 Å². The molecule has 2 heterocycles. The predicted molar refractivity (Wildman–Crippen MR) is 152 cm³/mol. The molecule has 1 aliphatic heterocycles. The zero-order valence-corrected chi connectivity index (χ0v) is 21.4. The number of rotatable bonds is 6. The molecule has 0 saturated heterocycles. The molecule has 1 aromatic heterocycles. The average Bonchev–Trinajstić information content (AvgIpc) is 3.29. The van der Waals surface area contributed by atoms with Crippen LogP contribution in [0.4, 0.5) is 14.5 Å². The molecule has 0 atom stereocenters. The first kappa shape index (κ1) is 24.1. The lowest BCUT2D eigenvalue weighted by Gasteiger charge is -2.20. The Morgan fingerprint density at radius 2 is 1.42 bits per heavy atom. The van der Waals surface area contributed by atoms with Gasteiger partial charge >= 0.3 is 0 Å². The molecule has 0 unspecified atom stereocenters. The Hall–Kier alpha value is -4.22. The van der Waals surface area contributed by atoms with E-state index in [2.05, 4.69) is 70.3 Å². The van der Waals surface area contributed by atoms with E-state index in [1.807, 2.05) is 42.5 Å². The number of benzene rings is 4. The van der Waals surface area contributed by atoms with Crippen molar-refractivity contribution < 1.29 is 13.3 Å². The number of halogens is 2. The maximum Gasteiger partial charge on any atom is 0.213 e. The number of pyridine rings is 1. The van der Waals surface area contributed by atoms with Gasteiger partial charge in [0.15, 0.2) is 12.7 Å². The van der Waals surface area contributed by atoms with Crippen LogP contribution in [0.25, 0.3) is 17.0 Å². The number of nitrogens with zero attached hydrogens (tertiary/aromatic N) is 2. The molecule has 4 aromatic carbocycles. The van der Waals surface area contributed by atoms with Crippen LogP contribution in [0.15, 0.2) is 131 Å². The number of hydrogen-bond donors (Lipinski definition) is 0. The van der Waals surface area contributed by atoms with E-state index < -0.39 is 0 Å². The first-order valence-electron chi connectivity index (χ1n) is 12.5. The van der Waals surface area contributed by atoms with Crippen molar-refractivity contribution in [3.8, 4) is 0 Å². The van der Waals surface area contributed by atoms with E-state index in [0.29, 0.717) is 13.1 Å². The number of anilines is 1. The molecule has 0 saturated carbocycles. The highest BCUT2D eigenvalue weighted by Gasteiger charge is 2.24. The highest BCUT2D eigenvalue weighted by atomic mass is 32.2. The van der Waals surface area contributed by atoms with Gasteiger partial charge in [-0.2, -0.15) is 4.57 Å². The average molecular weight is 520 g/mol. The standard InChI is InChI=1S/C33H25F2N2S/c34-27-16-12-24(13-17-27)22-36-21-20-26(29-7-1-2-8-30(29)36)6-5-11-33-37(23-25-14-18-28(35)19-15-25)31-9-3-4-10-32(31)38-33/h1-21H,22-23H2/q+1. The largest absolute Gasteiger partial charge is 0.331 e. The van der Waals surface area contributed by atoms with Gasteiger partial charge in [-0.05, 0) is 71.8 Å². The quantitative estimate of drug-likeness (QED) is 0.209. The molecule has 2 nitrogen and oxygen atoms in total. The number of hydrogen-bond acceptors (Lipinski definition) is 2. The number of thioether (sulfide) groups is 1. The highest BCUT2D eigenvalue weighted by molar-refractivity contribution is 8.03. The number of allylic oxidation sites excluding steroid dienone is 2. The van der Waals surface area contributed by atoms with Crippen molar-refractivity contribution in [2.24, 2.45) is 0 Å². The topological polar surface area (TPSA) is 7.12 Å². The molecular weight excluding hydrogens is 494 g/mol. The monoisotopic (exact) mass is 519 g/mol. The SMILES string of the molecule is Fc1ccc(CN2C(=CC=Cc3cc[n+](Cc4ccc(F)cc4)c4ccccc34)Sc3ccccc32)cc1. The zero-order chi connectivity index (χ0) is 25.9. The molecule has 1 aliphatic rings. The smallest absolute Gasteiger partial charge is 0.213 e. The minimum atomic E-state index is -0.224. The van der Waals surface area contributed by atoms with Crippen LogP contribution < -0.4 is 9.47 Å². The van der Waals surface area contributed by atoms with Gasteiger partial charge in [-0.15, -0.1) is 0 Å². The van der Waals surface area contributed by atoms with Crippen molar-refractivity contribution in [1.82, 2.24) is 0 Å². The lowest BCUT2D eigenvalue weighted by molar-refractivity contribution is -0.662. The summed E-state index contributed by atoms with van der Waals surface area (Å²) >= 11 is 1.74. The summed E-state index contributed by atoms with van der Waals surface area (Å²) < 4.78 is 29.0. The van der Waals surface area contributed by atoms with E-state index in [9.17, 15) is 8.78 Å². The zero-order valence-electron chi connectivity index (χ0n) is 20.6. The molecule has 0 N–H and O–H groups in total. The molecule has 0 fully saturated rings. The van der Waals surface area contributed by atoms with Gasteiger partial charge in [-0.1, -0.05) is 60.3 Å². The molecule has 5 aromatic rings. The second kappa shape index (κ2) is 10.6. The Labute approximate surface area is 225 Å². The van der Waals surface area contributed by atoms with E-state index in [0.717, 1.165) is 38.3 Å². The second-order valence-corrected chi connectivity index (χ2v) is 10.3. The molecule has 5 heteroatoms. The molecule has 0 bridgehead atoms. The summed E-state index contributed by atoms with van der Waals surface area (Å²) in [5.41, 5.74) is 5.51. The lowest BCUT2D eigenvalue weighted by atomic mass is 10.1. The number of para-hydroxylation sites is 2. The van der Waals surface area contributed by atoms with E-state index in [-0.39, 0.29) is 11.6 Å². The Morgan fingerprint density at radius 1 is 0.737 bits per heavy atom.